The number of hydrogen-bond acceptors (Lipinski definition) is 7. The molecular weight excluding hydrogens is 336 g/mol. The summed E-state index contributed by atoms with van der Waals surface area (Å²) in [5.41, 5.74) is 5.75. The van der Waals surface area contributed by atoms with Crippen LogP contribution in [-0.4, -0.2) is 47.3 Å². The van der Waals surface area contributed by atoms with E-state index in [1.54, 1.807) is 0 Å². The number of pyridine rings is 1. The molecule has 1 saturated carbocycles. The van der Waals surface area contributed by atoms with Gasteiger partial charge in [-0.1, -0.05) is 11.2 Å². The lowest BCUT2D eigenvalue weighted by Crippen LogP contribution is -2.35. The van der Waals surface area contributed by atoms with Crippen molar-refractivity contribution in [2.75, 3.05) is 18.4 Å². The zero-order valence-electron chi connectivity index (χ0n) is 15.2. The SMILES string of the molecule is C=O.CC1=NOC2(CCC(CNc3ccccn3)CC2)C1.NCC(=O)O. The Morgan fingerprint density at radius 1 is 1.42 bits per heavy atom. The van der Waals surface area contributed by atoms with Crippen molar-refractivity contribution in [1.29, 1.82) is 0 Å². The predicted molar refractivity (Wildman–Crippen MR) is 100 cm³/mol. The fourth-order valence-corrected chi connectivity index (χ4v) is 3.10. The zero-order chi connectivity index (χ0) is 19.4. The van der Waals surface area contributed by atoms with Gasteiger partial charge in [0.15, 0.2) is 0 Å². The number of oxime groups is 1. The quantitative estimate of drug-likeness (QED) is 0.746. The van der Waals surface area contributed by atoms with Crippen molar-refractivity contribution in [3.05, 3.63) is 24.4 Å². The van der Waals surface area contributed by atoms with Gasteiger partial charge < -0.3 is 25.8 Å². The molecule has 2 heterocycles. The molecule has 0 radical (unpaired) electrons. The molecule has 0 saturated heterocycles. The highest BCUT2D eigenvalue weighted by molar-refractivity contribution is 5.83. The van der Waals surface area contributed by atoms with Gasteiger partial charge in [0.25, 0.3) is 0 Å². The number of rotatable bonds is 4. The maximum Gasteiger partial charge on any atom is 0.317 e. The molecule has 0 amide bonds. The molecule has 1 aliphatic carbocycles. The van der Waals surface area contributed by atoms with Gasteiger partial charge in [0.1, 0.15) is 18.2 Å². The Morgan fingerprint density at radius 3 is 2.54 bits per heavy atom. The highest BCUT2D eigenvalue weighted by Crippen LogP contribution is 2.40. The van der Waals surface area contributed by atoms with Crippen molar-refractivity contribution in [2.24, 2.45) is 16.8 Å². The minimum absolute atomic E-state index is 0.0333. The van der Waals surface area contributed by atoms with Gasteiger partial charge in [0, 0.05) is 19.2 Å². The van der Waals surface area contributed by atoms with Crippen LogP contribution in [0.25, 0.3) is 0 Å². The molecule has 0 atom stereocenters. The molecule has 8 nitrogen and oxygen atoms in total. The largest absolute Gasteiger partial charge is 0.480 e. The molecule has 4 N–H and O–H groups in total. The van der Waals surface area contributed by atoms with Crippen molar-refractivity contribution in [2.45, 2.75) is 44.6 Å². The van der Waals surface area contributed by atoms with E-state index in [1.807, 2.05) is 31.2 Å². The Kier molecular flexibility index (Phi) is 9.29. The van der Waals surface area contributed by atoms with Crippen molar-refractivity contribution in [1.82, 2.24) is 4.98 Å². The molecule has 2 aliphatic rings. The van der Waals surface area contributed by atoms with Crippen LogP contribution < -0.4 is 11.1 Å². The number of aliphatic carboxylic acids is 1. The van der Waals surface area contributed by atoms with Crippen LogP contribution in [0.15, 0.2) is 29.6 Å². The summed E-state index contributed by atoms with van der Waals surface area (Å²) in [6, 6.07) is 5.97. The van der Waals surface area contributed by atoms with Gasteiger partial charge in [0.2, 0.25) is 0 Å². The second-order valence-corrected chi connectivity index (χ2v) is 6.41. The summed E-state index contributed by atoms with van der Waals surface area (Å²) >= 11 is 0. The number of hydrogen-bond donors (Lipinski definition) is 3. The second kappa shape index (κ2) is 11.2. The molecule has 0 aromatic carbocycles. The number of carboxylic acid groups (broad SMARTS) is 1. The summed E-state index contributed by atoms with van der Waals surface area (Å²) in [4.78, 5) is 27.2. The Balaban J connectivity index is 0.000000420. The Bertz CT molecular complexity index is 572. The molecule has 0 unspecified atom stereocenters. The molecule has 3 rings (SSSR count). The van der Waals surface area contributed by atoms with Gasteiger partial charge in [-0.2, -0.15) is 0 Å². The monoisotopic (exact) mass is 364 g/mol. The first-order valence-electron chi connectivity index (χ1n) is 8.60. The molecule has 0 bridgehead atoms. The summed E-state index contributed by atoms with van der Waals surface area (Å²) < 4.78 is 0. The maximum absolute atomic E-state index is 9.24. The lowest BCUT2D eigenvalue weighted by molar-refractivity contribution is -0.135. The summed E-state index contributed by atoms with van der Waals surface area (Å²) in [6.45, 7) is 4.79. The first-order valence-corrected chi connectivity index (χ1v) is 8.60. The van der Waals surface area contributed by atoms with E-state index in [-0.39, 0.29) is 12.1 Å². The number of anilines is 1. The Labute approximate surface area is 153 Å². The van der Waals surface area contributed by atoms with Crippen molar-refractivity contribution in [3.63, 3.8) is 0 Å². The molecule has 1 aromatic heterocycles. The molecule has 144 valence electrons. The van der Waals surface area contributed by atoms with Crippen LogP contribution in [0.2, 0.25) is 0 Å². The standard InChI is InChI=1S/C15H21N3O.C2H5NO2.CH2O/c1-12-10-15(19-18-12)7-5-13(6-8-15)11-17-14-4-2-3-9-16-14;3-1-2(4)5;1-2/h2-4,9,13H,5-8,10-11H2,1H3,(H,16,17);1,3H2,(H,4,5);1H2. The highest BCUT2D eigenvalue weighted by atomic mass is 16.7. The summed E-state index contributed by atoms with van der Waals surface area (Å²) in [7, 11) is 0. The fourth-order valence-electron chi connectivity index (χ4n) is 3.10. The van der Waals surface area contributed by atoms with Crippen LogP contribution in [0, 0.1) is 5.92 Å². The topological polar surface area (TPSA) is 127 Å². The molecular formula is C18H28N4O4. The predicted octanol–water partition coefficient (Wildman–Crippen LogP) is 2.06. The summed E-state index contributed by atoms with van der Waals surface area (Å²) in [5, 5.41) is 15.1. The average Bonchev–Trinajstić information content (AvgIpc) is 3.04. The minimum Gasteiger partial charge on any atom is -0.480 e. The van der Waals surface area contributed by atoms with Crippen LogP contribution in [-0.2, 0) is 14.4 Å². The van der Waals surface area contributed by atoms with E-state index >= 15 is 0 Å². The number of carbonyl (C=O) groups excluding carboxylic acids is 1. The van der Waals surface area contributed by atoms with Crippen LogP contribution in [0.5, 0.6) is 0 Å². The van der Waals surface area contributed by atoms with E-state index in [4.69, 9.17) is 14.7 Å². The number of nitrogens with zero attached hydrogens (tertiary/aromatic N) is 2. The lowest BCUT2D eigenvalue weighted by atomic mass is 9.76. The van der Waals surface area contributed by atoms with Crippen molar-refractivity contribution < 1.29 is 19.5 Å². The zero-order valence-corrected chi connectivity index (χ0v) is 15.2. The number of nitrogens with one attached hydrogen (secondary N) is 1. The van der Waals surface area contributed by atoms with Gasteiger partial charge in [-0.15, -0.1) is 0 Å². The normalized spacial score (nSPS) is 23.5. The van der Waals surface area contributed by atoms with E-state index in [9.17, 15) is 4.79 Å². The lowest BCUT2D eigenvalue weighted by Gasteiger charge is -2.35. The Hall–Kier alpha value is -2.48. The second-order valence-electron chi connectivity index (χ2n) is 6.41. The summed E-state index contributed by atoms with van der Waals surface area (Å²) in [5.74, 6) is 0.723. The first-order chi connectivity index (χ1) is 12.5. The Morgan fingerprint density at radius 2 is 2.08 bits per heavy atom. The first kappa shape index (κ1) is 21.6. The minimum atomic E-state index is -0.968. The number of nitrogens with two attached hydrogens (primary N) is 1. The van der Waals surface area contributed by atoms with Crippen LogP contribution in [0.1, 0.15) is 39.0 Å². The molecule has 26 heavy (non-hydrogen) atoms. The van der Waals surface area contributed by atoms with Gasteiger partial charge in [0.05, 0.1) is 12.3 Å². The van der Waals surface area contributed by atoms with Crippen LogP contribution in [0.3, 0.4) is 0 Å². The maximum atomic E-state index is 9.24. The smallest absolute Gasteiger partial charge is 0.317 e. The van der Waals surface area contributed by atoms with E-state index < -0.39 is 5.97 Å². The van der Waals surface area contributed by atoms with Crippen LogP contribution in [0.4, 0.5) is 5.82 Å². The number of carboxylic acids is 1. The molecule has 8 heteroatoms. The van der Waals surface area contributed by atoms with Crippen molar-refractivity contribution >= 4 is 24.3 Å². The summed E-state index contributed by atoms with van der Waals surface area (Å²) in [6.07, 6.45) is 7.52. The molecule has 1 spiro atoms. The fraction of sp³-hybridized carbons (Fsp3) is 0.556. The van der Waals surface area contributed by atoms with Gasteiger partial charge in [-0.3, -0.25) is 4.79 Å². The number of carbonyl (C=O) groups is 2. The van der Waals surface area contributed by atoms with Gasteiger partial charge >= 0.3 is 5.97 Å². The van der Waals surface area contributed by atoms with Gasteiger partial charge in [-0.25, -0.2) is 4.98 Å². The van der Waals surface area contributed by atoms with Crippen LogP contribution >= 0.6 is 0 Å². The molecule has 1 aromatic rings. The van der Waals surface area contributed by atoms with E-state index in [0.717, 1.165) is 43.3 Å². The third-order valence-corrected chi connectivity index (χ3v) is 4.40. The third-order valence-electron chi connectivity index (χ3n) is 4.40. The molecule has 1 aliphatic heterocycles. The average molecular weight is 364 g/mol. The van der Waals surface area contributed by atoms with Gasteiger partial charge in [-0.05, 0) is 50.7 Å². The molecule has 1 fully saturated rings. The number of aromatic nitrogens is 1. The van der Waals surface area contributed by atoms with E-state index in [1.165, 1.54) is 12.8 Å². The van der Waals surface area contributed by atoms with E-state index in [0.29, 0.717) is 0 Å². The third kappa shape index (κ3) is 7.18. The highest BCUT2D eigenvalue weighted by Gasteiger charge is 2.41. The van der Waals surface area contributed by atoms with Crippen molar-refractivity contribution in [3.8, 4) is 0 Å². The van der Waals surface area contributed by atoms with E-state index in [2.05, 4.69) is 28.1 Å².